The van der Waals surface area contributed by atoms with E-state index < -0.39 is 0 Å². The quantitative estimate of drug-likeness (QED) is 0.256. The summed E-state index contributed by atoms with van der Waals surface area (Å²) in [7, 11) is 0. The normalized spacial score (nSPS) is 15.0. The third-order valence-electron chi connectivity index (χ3n) is 6.09. The fourth-order valence-electron chi connectivity index (χ4n) is 3.93. The predicted molar refractivity (Wildman–Crippen MR) is 142 cm³/mol. The molecule has 1 saturated heterocycles. The molecule has 0 aliphatic carbocycles. The highest BCUT2D eigenvalue weighted by molar-refractivity contribution is 14.0. The number of halogens is 1. The summed E-state index contributed by atoms with van der Waals surface area (Å²) in [6, 6.07) is 6.30. The maximum atomic E-state index is 5.51. The second kappa shape index (κ2) is 13.6. The summed E-state index contributed by atoms with van der Waals surface area (Å²) >= 11 is 0. The number of nitrogens with zero attached hydrogens (tertiary/aromatic N) is 4. The third kappa shape index (κ3) is 7.64. The van der Waals surface area contributed by atoms with E-state index in [1.54, 1.807) is 0 Å². The molecule has 0 spiro atoms. The molecule has 8 heteroatoms. The largest absolute Gasteiger partial charge is 0.359 e. The Morgan fingerprint density at radius 3 is 2.56 bits per heavy atom. The number of aliphatic imine (C=N–C) groups is 1. The molecule has 0 saturated carbocycles. The number of pyridine rings is 1. The van der Waals surface area contributed by atoms with Gasteiger partial charge in [0.25, 0.3) is 0 Å². The SMILES string of the molecule is CCNC(=NCc1ccc(N2CCC(C)CC2)nc1)NCc1cc(C(CC)CC)no1.I. The molecule has 0 amide bonds. The highest BCUT2D eigenvalue weighted by Gasteiger charge is 2.17. The molecule has 7 nitrogen and oxygen atoms in total. The van der Waals surface area contributed by atoms with Gasteiger partial charge in [-0.25, -0.2) is 9.98 Å². The van der Waals surface area contributed by atoms with Gasteiger partial charge in [0.05, 0.1) is 18.8 Å². The van der Waals surface area contributed by atoms with Crippen molar-refractivity contribution in [3.05, 3.63) is 41.4 Å². The van der Waals surface area contributed by atoms with Crippen LogP contribution < -0.4 is 15.5 Å². The minimum Gasteiger partial charge on any atom is -0.359 e. The zero-order valence-corrected chi connectivity index (χ0v) is 22.3. The second-order valence-electron chi connectivity index (χ2n) is 8.47. The van der Waals surface area contributed by atoms with Crippen molar-refractivity contribution < 1.29 is 4.52 Å². The fourth-order valence-corrected chi connectivity index (χ4v) is 3.93. The van der Waals surface area contributed by atoms with Gasteiger partial charge in [0.2, 0.25) is 0 Å². The summed E-state index contributed by atoms with van der Waals surface area (Å²) < 4.78 is 5.51. The van der Waals surface area contributed by atoms with Gasteiger partial charge in [-0.3, -0.25) is 0 Å². The van der Waals surface area contributed by atoms with Crippen LogP contribution >= 0.6 is 24.0 Å². The first-order valence-electron chi connectivity index (χ1n) is 11.8. The predicted octanol–water partition coefficient (Wildman–Crippen LogP) is 5.08. The highest BCUT2D eigenvalue weighted by Crippen LogP contribution is 2.23. The van der Waals surface area contributed by atoms with Crippen LogP contribution in [0.4, 0.5) is 5.82 Å². The average Bonchev–Trinajstić information content (AvgIpc) is 3.26. The maximum absolute atomic E-state index is 5.51. The molecule has 2 aromatic rings. The molecule has 0 radical (unpaired) electrons. The third-order valence-corrected chi connectivity index (χ3v) is 6.09. The van der Waals surface area contributed by atoms with Crippen LogP contribution in [-0.4, -0.2) is 35.7 Å². The van der Waals surface area contributed by atoms with Gasteiger partial charge in [0.15, 0.2) is 11.7 Å². The number of guanidine groups is 1. The van der Waals surface area contributed by atoms with E-state index in [-0.39, 0.29) is 24.0 Å². The van der Waals surface area contributed by atoms with Gasteiger partial charge in [0, 0.05) is 37.8 Å². The van der Waals surface area contributed by atoms with Gasteiger partial charge in [-0.05, 0) is 50.2 Å². The van der Waals surface area contributed by atoms with Crippen molar-refractivity contribution in [2.75, 3.05) is 24.5 Å². The van der Waals surface area contributed by atoms with Crippen LogP contribution in [0, 0.1) is 5.92 Å². The molecule has 1 fully saturated rings. The van der Waals surface area contributed by atoms with Gasteiger partial charge < -0.3 is 20.1 Å². The van der Waals surface area contributed by atoms with Crippen molar-refractivity contribution in [3.63, 3.8) is 0 Å². The Bertz CT molecular complexity index is 810. The Morgan fingerprint density at radius 1 is 1.19 bits per heavy atom. The van der Waals surface area contributed by atoms with Crippen LogP contribution in [0.3, 0.4) is 0 Å². The summed E-state index contributed by atoms with van der Waals surface area (Å²) in [5.41, 5.74) is 2.14. The van der Waals surface area contributed by atoms with Crippen molar-refractivity contribution in [3.8, 4) is 0 Å². The van der Waals surface area contributed by atoms with Gasteiger partial charge in [0.1, 0.15) is 5.82 Å². The van der Waals surface area contributed by atoms with E-state index in [2.05, 4.69) is 71.6 Å². The summed E-state index contributed by atoms with van der Waals surface area (Å²) in [5, 5.41) is 10.9. The van der Waals surface area contributed by atoms with Gasteiger partial charge in [-0.1, -0.05) is 32.0 Å². The summed E-state index contributed by atoms with van der Waals surface area (Å²) in [6.07, 6.45) is 6.58. The molecule has 178 valence electrons. The number of rotatable bonds is 9. The van der Waals surface area contributed by atoms with Crippen LogP contribution in [0.2, 0.25) is 0 Å². The van der Waals surface area contributed by atoms with E-state index in [9.17, 15) is 0 Å². The van der Waals surface area contributed by atoms with Crippen molar-refractivity contribution in [1.82, 2.24) is 20.8 Å². The van der Waals surface area contributed by atoms with E-state index in [1.165, 1.54) is 12.8 Å². The van der Waals surface area contributed by atoms with Gasteiger partial charge in [-0.15, -0.1) is 24.0 Å². The number of hydrogen-bond acceptors (Lipinski definition) is 5. The molecule has 1 aliphatic rings. The van der Waals surface area contributed by atoms with Crippen molar-refractivity contribution in [2.45, 2.75) is 72.4 Å². The first kappa shape index (κ1) is 26.4. The van der Waals surface area contributed by atoms with Gasteiger partial charge in [-0.2, -0.15) is 0 Å². The number of anilines is 1. The smallest absolute Gasteiger partial charge is 0.191 e. The van der Waals surface area contributed by atoms with Crippen LogP contribution in [0.1, 0.15) is 76.3 Å². The molecular weight excluding hydrogens is 515 g/mol. The van der Waals surface area contributed by atoms with E-state index in [0.717, 1.165) is 67.2 Å². The van der Waals surface area contributed by atoms with E-state index in [1.807, 2.05) is 6.20 Å². The zero-order chi connectivity index (χ0) is 22.1. The summed E-state index contributed by atoms with van der Waals surface area (Å²) in [5.74, 6) is 3.95. The minimum atomic E-state index is 0. The molecule has 2 aromatic heterocycles. The number of nitrogens with one attached hydrogen (secondary N) is 2. The molecule has 32 heavy (non-hydrogen) atoms. The molecule has 0 atom stereocenters. The Morgan fingerprint density at radius 2 is 1.94 bits per heavy atom. The van der Waals surface area contributed by atoms with Crippen LogP contribution in [0.15, 0.2) is 33.9 Å². The Balaban J connectivity index is 0.00000363. The van der Waals surface area contributed by atoms with E-state index in [4.69, 9.17) is 9.52 Å². The maximum Gasteiger partial charge on any atom is 0.191 e. The first-order chi connectivity index (χ1) is 15.1. The lowest BCUT2D eigenvalue weighted by molar-refractivity contribution is 0.368. The molecule has 3 heterocycles. The van der Waals surface area contributed by atoms with Crippen molar-refractivity contribution >= 4 is 35.8 Å². The number of piperidine rings is 1. The first-order valence-corrected chi connectivity index (χ1v) is 11.8. The van der Waals surface area contributed by atoms with Crippen LogP contribution in [-0.2, 0) is 13.1 Å². The lowest BCUT2D eigenvalue weighted by atomic mass is 9.99. The average molecular weight is 555 g/mol. The van der Waals surface area contributed by atoms with Crippen LogP contribution in [0.25, 0.3) is 0 Å². The van der Waals surface area contributed by atoms with Crippen molar-refractivity contribution in [2.24, 2.45) is 10.9 Å². The molecular formula is C24H39IN6O. The molecule has 3 rings (SSSR count). The van der Waals surface area contributed by atoms with Crippen LogP contribution in [0.5, 0.6) is 0 Å². The Kier molecular flexibility index (Phi) is 11.3. The monoisotopic (exact) mass is 554 g/mol. The lowest BCUT2D eigenvalue weighted by Crippen LogP contribution is -2.36. The molecule has 2 N–H and O–H groups in total. The van der Waals surface area contributed by atoms with Crippen molar-refractivity contribution in [1.29, 1.82) is 0 Å². The highest BCUT2D eigenvalue weighted by atomic mass is 127. The Hall–Kier alpha value is -1.84. The fraction of sp³-hybridized carbons (Fsp3) is 0.625. The molecule has 0 aromatic carbocycles. The molecule has 0 unspecified atom stereocenters. The van der Waals surface area contributed by atoms with E-state index >= 15 is 0 Å². The summed E-state index contributed by atoms with van der Waals surface area (Å²) in [6.45, 7) is 12.9. The number of aromatic nitrogens is 2. The number of hydrogen-bond donors (Lipinski definition) is 2. The molecule has 1 aliphatic heterocycles. The standard InChI is InChI=1S/C24H38N6O.HI/c1-5-20(6-2)22-14-21(31-29-22)17-28-24(25-7-3)27-16-19-8-9-23(26-15-19)30-12-10-18(4)11-13-30;/h8-9,14-15,18,20H,5-7,10-13,16-17H2,1-4H3,(H2,25,27,28);1H. The zero-order valence-electron chi connectivity index (χ0n) is 19.9. The van der Waals surface area contributed by atoms with Gasteiger partial charge >= 0.3 is 0 Å². The topological polar surface area (TPSA) is 78.6 Å². The minimum absolute atomic E-state index is 0. The summed E-state index contributed by atoms with van der Waals surface area (Å²) in [4.78, 5) is 11.8. The van der Waals surface area contributed by atoms with E-state index in [0.29, 0.717) is 19.0 Å². The molecule has 0 bridgehead atoms. The second-order valence-corrected chi connectivity index (χ2v) is 8.47. The lowest BCUT2D eigenvalue weighted by Gasteiger charge is -2.31. The Labute approximate surface area is 209 Å².